The number of para-hydroxylation sites is 1. The van der Waals surface area contributed by atoms with Crippen molar-refractivity contribution in [1.82, 2.24) is 0 Å². The molecule has 0 spiro atoms. The van der Waals surface area contributed by atoms with Crippen LogP contribution in [0.5, 0.6) is 5.75 Å². The van der Waals surface area contributed by atoms with Gasteiger partial charge in [0.25, 0.3) is 0 Å². The maximum Gasteiger partial charge on any atom is 0.336 e. The molecule has 4 heteroatoms. The Balaban J connectivity index is 2.67. The first-order valence-corrected chi connectivity index (χ1v) is 6.38. The maximum atomic E-state index is 11.7. The van der Waals surface area contributed by atoms with Gasteiger partial charge in [0, 0.05) is 12.2 Å². The van der Waals surface area contributed by atoms with Crippen molar-refractivity contribution < 1.29 is 19.1 Å². The molecule has 20 heavy (non-hydrogen) atoms. The number of carbonyl (C=O) groups excluding carboxylic acids is 2. The number of hydrogen-bond acceptors (Lipinski definition) is 4. The molecule has 0 radical (unpaired) electrons. The molecule has 0 heterocycles. The van der Waals surface area contributed by atoms with Crippen LogP contribution in [-0.2, 0) is 14.3 Å². The van der Waals surface area contributed by atoms with Crippen molar-refractivity contribution in [3.63, 3.8) is 0 Å². The second-order valence-electron chi connectivity index (χ2n) is 5.51. The summed E-state index contributed by atoms with van der Waals surface area (Å²) in [7, 11) is 0. The Hall–Kier alpha value is -2.10. The molecule has 0 aliphatic carbocycles. The van der Waals surface area contributed by atoms with E-state index in [4.69, 9.17) is 9.47 Å². The summed E-state index contributed by atoms with van der Waals surface area (Å²) < 4.78 is 10.3. The summed E-state index contributed by atoms with van der Waals surface area (Å²) in [6, 6.07) is 5.60. The molecule has 0 aliphatic rings. The second kappa shape index (κ2) is 6.37. The van der Waals surface area contributed by atoms with Gasteiger partial charge in [-0.3, -0.25) is 0 Å². The summed E-state index contributed by atoms with van der Waals surface area (Å²) in [6.45, 7) is 8.98. The first-order valence-electron chi connectivity index (χ1n) is 6.38. The van der Waals surface area contributed by atoms with Crippen LogP contribution < -0.4 is 4.74 Å². The minimum atomic E-state index is -0.603. The third kappa shape index (κ3) is 5.26. The smallest absolute Gasteiger partial charge is 0.336 e. The summed E-state index contributed by atoms with van der Waals surface area (Å²) in [5.41, 5.74) is 1.14. The number of carbonyl (C=O) groups is 2. The second-order valence-corrected chi connectivity index (χ2v) is 5.51. The summed E-state index contributed by atoms with van der Waals surface area (Å²) in [5.74, 6) is -0.657. The van der Waals surface area contributed by atoms with E-state index in [0.717, 1.165) is 23.3 Å². The minimum Gasteiger partial charge on any atom is -0.457 e. The van der Waals surface area contributed by atoms with Crippen LogP contribution in [-0.4, -0.2) is 17.5 Å². The van der Waals surface area contributed by atoms with Crippen molar-refractivity contribution in [1.29, 1.82) is 0 Å². The third-order valence-corrected chi connectivity index (χ3v) is 2.37. The Labute approximate surface area is 119 Å². The normalized spacial score (nSPS) is 11.4. The average Bonchev–Trinajstić information content (AvgIpc) is 2.29. The van der Waals surface area contributed by atoms with Crippen LogP contribution in [0.1, 0.15) is 31.9 Å². The van der Waals surface area contributed by atoms with E-state index in [2.05, 4.69) is 0 Å². The Bertz CT molecular complexity index is 516. The molecule has 4 nitrogen and oxygen atoms in total. The molecule has 0 N–H and O–H groups in total. The Morgan fingerprint density at radius 1 is 1.00 bits per heavy atom. The monoisotopic (exact) mass is 276 g/mol. The van der Waals surface area contributed by atoms with E-state index < -0.39 is 17.5 Å². The largest absolute Gasteiger partial charge is 0.457 e. The van der Waals surface area contributed by atoms with Gasteiger partial charge in [0.15, 0.2) is 0 Å². The first-order chi connectivity index (χ1) is 9.19. The molecular formula is C16H20O4. The molecule has 108 valence electrons. The predicted octanol–water partition coefficient (Wildman–Crippen LogP) is 3.11. The number of hydrogen-bond donors (Lipinski definition) is 0. The van der Waals surface area contributed by atoms with Gasteiger partial charge in [-0.25, -0.2) is 9.59 Å². The van der Waals surface area contributed by atoms with Crippen molar-refractivity contribution in [3.8, 4) is 5.75 Å². The lowest BCUT2D eigenvalue weighted by Crippen LogP contribution is -2.22. The van der Waals surface area contributed by atoms with Gasteiger partial charge in [-0.2, -0.15) is 0 Å². The summed E-state index contributed by atoms with van der Waals surface area (Å²) in [5, 5.41) is 0. The quantitative estimate of drug-likeness (QED) is 0.483. The zero-order valence-corrected chi connectivity index (χ0v) is 12.5. The van der Waals surface area contributed by atoms with Gasteiger partial charge in [-0.15, -0.1) is 0 Å². The highest BCUT2D eigenvalue weighted by Crippen LogP contribution is 2.22. The van der Waals surface area contributed by atoms with E-state index in [1.54, 1.807) is 20.8 Å². The fourth-order valence-electron chi connectivity index (χ4n) is 1.57. The standard InChI is InChI=1S/C16H20O4/c1-11-7-6-8-12(2)15(11)19-13(17)9-10-14(18)20-16(3,4)5/h6-10H,1-5H3/b10-9+. The lowest BCUT2D eigenvalue weighted by Gasteiger charge is -2.17. The fourth-order valence-corrected chi connectivity index (χ4v) is 1.57. The van der Waals surface area contributed by atoms with Crippen LogP contribution in [0, 0.1) is 13.8 Å². The fraction of sp³-hybridized carbons (Fsp3) is 0.375. The highest BCUT2D eigenvalue weighted by Gasteiger charge is 2.14. The van der Waals surface area contributed by atoms with E-state index in [1.165, 1.54) is 0 Å². The van der Waals surface area contributed by atoms with Gasteiger partial charge >= 0.3 is 11.9 Å². The molecule has 1 aromatic rings. The van der Waals surface area contributed by atoms with E-state index in [1.807, 2.05) is 32.0 Å². The molecule has 1 rings (SSSR count). The third-order valence-electron chi connectivity index (χ3n) is 2.37. The van der Waals surface area contributed by atoms with Gasteiger partial charge in [0.1, 0.15) is 11.4 Å². The van der Waals surface area contributed by atoms with Crippen LogP contribution in [0.4, 0.5) is 0 Å². The summed E-state index contributed by atoms with van der Waals surface area (Å²) in [4.78, 5) is 23.1. The molecule has 0 fully saturated rings. The number of esters is 2. The SMILES string of the molecule is Cc1cccc(C)c1OC(=O)/C=C/C(=O)OC(C)(C)C. The highest BCUT2D eigenvalue weighted by molar-refractivity contribution is 5.92. The zero-order valence-electron chi connectivity index (χ0n) is 12.5. The number of benzene rings is 1. The van der Waals surface area contributed by atoms with Gasteiger partial charge in [-0.05, 0) is 45.7 Å². The first kappa shape index (κ1) is 16.0. The van der Waals surface area contributed by atoms with Gasteiger partial charge < -0.3 is 9.47 Å². The van der Waals surface area contributed by atoms with Crippen molar-refractivity contribution in [3.05, 3.63) is 41.5 Å². The zero-order chi connectivity index (χ0) is 15.3. The van der Waals surface area contributed by atoms with Crippen LogP contribution >= 0.6 is 0 Å². The van der Waals surface area contributed by atoms with Gasteiger partial charge in [-0.1, -0.05) is 18.2 Å². The lowest BCUT2D eigenvalue weighted by molar-refractivity contribution is -0.148. The minimum absolute atomic E-state index is 0.520. The molecule has 0 bridgehead atoms. The summed E-state index contributed by atoms with van der Waals surface area (Å²) in [6.07, 6.45) is 2.14. The van der Waals surface area contributed by atoms with E-state index in [9.17, 15) is 9.59 Å². The Kier molecular flexibility index (Phi) is 5.08. The van der Waals surface area contributed by atoms with Crippen LogP contribution in [0.15, 0.2) is 30.4 Å². The lowest BCUT2D eigenvalue weighted by atomic mass is 10.1. The van der Waals surface area contributed by atoms with Crippen LogP contribution in [0.3, 0.4) is 0 Å². The summed E-state index contributed by atoms with van der Waals surface area (Å²) >= 11 is 0. The van der Waals surface area contributed by atoms with Crippen LogP contribution in [0.2, 0.25) is 0 Å². The Morgan fingerprint density at radius 2 is 1.50 bits per heavy atom. The van der Waals surface area contributed by atoms with Gasteiger partial charge in [0.2, 0.25) is 0 Å². The molecular weight excluding hydrogens is 256 g/mol. The number of ether oxygens (including phenoxy) is 2. The predicted molar refractivity (Wildman–Crippen MR) is 76.5 cm³/mol. The van der Waals surface area contributed by atoms with Crippen molar-refractivity contribution in [2.75, 3.05) is 0 Å². The maximum absolute atomic E-state index is 11.7. The van der Waals surface area contributed by atoms with E-state index >= 15 is 0 Å². The van der Waals surface area contributed by atoms with Gasteiger partial charge in [0.05, 0.1) is 0 Å². The molecule has 0 atom stereocenters. The molecule has 0 saturated heterocycles. The highest BCUT2D eigenvalue weighted by atomic mass is 16.6. The molecule has 0 aliphatic heterocycles. The molecule has 0 aromatic heterocycles. The van der Waals surface area contributed by atoms with Crippen molar-refractivity contribution in [2.24, 2.45) is 0 Å². The van der Waals surface area contributed by atoms with E-state index in [0.29, 0.717) is 5.75 Å². The molecule has 0 unspecified atom stereocenters. The van der Waals surface area contributed by atoms with Crippen LogP contribution in [0.25, 0.3) is 0 Å². The van der Waals surface area contributed by atoms with Crippen molar-refractivity contribution in [2.45, 2.75) is 40.2 Å². The number of rotatable bonds is 3. The van der Waals surface area contributed by atoms with Crippen molar-refractivity contribution >= 4 is 11.9 Å². The Morgan fingerprint density at radius 3 is 2.00 bits per heavy atom. The topological polar surface area (TPSA) is 52.6 Å². The molecule has 0 amide bonds. The number of aryl methyl sites for hydroxylation is 2. The molecule has 0 saturated carbocycles. The van der Waals surface area contributed by atoms with E-state index in [-0.39, 0.29) is 0 Å². The average molecular weight is 276 g/mol. The molecule has 1 aromatic carbocycles.